The van der Waals surface area contributed by atoms with E-state index in [0.717, 1.165) is 52.3 Å². The van der Waals surface area contributed by atoms with E-state index in [2.05, 4.69) is 6.07 Å². The number of hydrogen-bond donors (Lipinski definition) is 0. The van der Waals surface area contributed by atoms with E-state index >= 15 is 0 Å². The van der Waals surface area contributed by atoms with Crippen LogP contribution in [0.25, 0.3) is 22.3 Å². The fourth-order valence-electron chi connectivity index (χ4n) is 4.37. The van der Waals surface area contributed by atoms with Gasteiger partial charge in [0, 0.05) is 44.8 Å². The fourth-order valence-corrected chi connectivity index (χ4v) is 5.32. The minimum Gasteiger partial charge on any atom is -0.328 e. The van der Waals surface area contributed by atoms with E-state index in [0.29, 0.717) is 29.0 Å². The number of amides is 1. The van der Waals surface area contributed by atoms with Gasteiger partial charge in [0.2, 0.25) is 0 Å². The first-order chi connectivity index (χ1) is 16.6. The molecule has 3 heterocycles. The Labute approximate surface area is 207 Å². The lowest BCUT2D eigenvalue weighted by Gasteiger charge is -2.26. The van der Waals surface area contributed by atoms with E-state index in [-0.39, 0.29) is 11.9 Å². The van der Waals surface area contributed by atoms with Crippen LogP contribution >= 0.6 is 23.4 Å². The first-order valence-corrected chi connectivity index (χ1v) is 13.1. The molecule has 0 unspecified atom stereocenters. The Kier molecular flexibility index (Phi) is 5.54. The van der Waals surface area contributed by atoms with Gasteiger partial charge in [-0.25, -0.2) is 9.67 Å². The van der Waals surface area contributed by atoms with E-state index in [1.54, 1.807) is 0 Å². The smallest absolute Gasteiger partial charge is 0.254 e. The lowest BCUT2D eigenvalue weighted by molar-refractivity contribution is 0.0725. The van der Waals surface area contributed by atoms with Crippen LogP contribution in [-0.2, 0) is 6.54 Å². The number of aromatic nitrogens is 4. The van der Waals surface area contributed by atoms with Crippen molar-refractivity contribution in [2.75, 3.05) is 11.5 Å². The third-order valence-electron chi connectivity index (χ3n) is 6.46. The predicted molar refractivity (Wildman–Crippen MR) is 136 cm³/mol. The van der Waals surface area contributed by atoms with Gasteiger partial charge in [-0.2, -0.15) is 16.9 Å². The standard InChI is InChI=1S/C26H24ClN5OS/c1-16-20(12-21-22(27)8-5-9-23(21)28-16)25-29-24(30-32(25)19-14-34-15-19)13-31(18-10-11-18)26(33)17-6-3-2-4-7-17/h2-9,12,18-19H,10-11,13-15H2,1H3. The molecule has 0 atom stereocenters. The summed E-state index contributed by atoms with van der Waals surface area (Å²) in [4.78, 5) is 25.0. The summed E-state index contributed by atoms with van der Waals surface area (Å²) in [7, 11) is 0. The molecule has 6 rings (SSSR count). The second-order valence-corrected chi connectivity index (χ2v) is 10.4. The Morgan fingerprint density at radius 1 is 1.12 bits per heavy atom. The quantitative estimate of drug-likeness (QED) is 0.355. The van der Waals surface area contributed by atoms with Gasteiger partial charge in [0.1, 0.15) is 0 Å². The molecule has 1 saturated heterocycles. The molecule has 8 heteroatoms. The maximum atomic E-state index is 13.3. The summed E-state index contributed by atoms with van der Waals surface area (Å²) in [6.45, 7) is 2.40. The van der Waals surface area contributed by atoms with Gasteiger partial charge in [-0.15, -0.1) is 0 Å². The van der Waals surface area contributed by atoms with Crippen molar-refractivity contribution in [1.29, 1.82) is 0 Å². The van der Waals surface area contributed by atoms with E-state index < -0.39 is 0 Å². The number of aryl methyl sites for hydroxylation is 1. The maximum Gasteiger partial charge on any atom is 0.254 e. The minimum atomic E-state index is 0.0375. The molecule has 2 aliphatic rings. The summed E-state index contributed by atoms with van der Waals surface area (Å²) in [6.07, 6.45) is 2.05. The first kappa shape index (κ1) is 21.6. The average molecular weight is 490 g/mol. The van der Waals surface area contributed by atoms with Crippen LogP contribution in [0.5, 0.6) is 0 Å². The molecule has 1 amide bonds. The molecule has 4 aromatic rings. The number of hydrogen-bond acceptors (Lipinski definition) is 5. The Hall–Kier alpha value is -2.90. The van der Waals surface area contributed by atoms with E-state index in [4.69, 9.17) is 26.7 Å². The second-order valence-electron chi connectivity index (χ2n) is 8.95. The molecule has 2 aromatic carbocycles. The average Bonchev–Trinajstić information content (AvgIpc) is 3.57. The molecule has 172 valence electrons. The predicted octanol–water partition coefficient (Wildman–Crippen LogP) is 5.55. The molecule has 0 bridgehead atoms. The zero-order chi connectivity index (χ0) is 23.2. The highest BCUT2D eigenvalue weighted by molar-refractivity contribution is 8.00. The Morgan fingerprint density at radius 2 is 1.91 bits per heavy atom. The number of carbonyl (C=O) groups is 1. The number of fused-ring (bicyclic) bond motifs is 1. The number of carbonyl (C=O) groups excluding carboxylic acids is 1. The third-order valence-corrected chi connectivity index (χ3v) is 8.03. The van der Waals surface area contributed by atoms with Crippen molar-refractivity contribution in [3.8, 4) is 11.4 Å². The lowest BCUT2D eigenvalue weighted by atomic mass is 10.1. The number of benzene rings is 2. The molecule has 0 N–H and O–H groups in total. The van der Waals surface area contributed by atoms with Gasteiger partial charge in [0.25, 0.3) is 5.91 Å². The van der Waals surface area contributed by atoms with Crippen molar-refractivity contribution < 1.29 is 4.79 Å². The zero-order valence-electron chi connectivity index (χ0n) is 18.8. The van der Waals surface area contributed by atoms with Crippen molar-refractivity contribution in [3.05, 3.63) is 76.7 Å². The van der Waals surface area contributed by atoms with E-state index in [1.165, 1.54) is 0 Å². The SMILES string of the molecule is Cc1nc2cccc(Cl)c2cc1-c1nc(CN(C(=O)c2ccccc2)C2CC2)nn1C1CSC1. The van der Waals surface area contributed by atoms with Crippen LogP contribution in [0, 0.1) is 6.92 Å². The van der Waals surface area contributed by atoms with Crippen LogP contribution in [0.15, 0.2) is 54.6 Å². The highest BCUT2D eigenvalue weighted by atomic mass is 35.5. The van der Waals surface area contributed by atoms with Gasteiger partial charge in [-0.1, -0.05) is 35.9 Å². The molecule has 1 aliphatic heterocycles. The summed E-state index contributed by atoms with van der Waals surface area (Å²) in [5.41, 5.74) is 3.39. The van der Waals surface area contributed by atoms with Crippen LogP contribution in [0.2, 0.25) is 5.02 Å². The summed E-state index contributed by atoms with van der Waals surface area (Å²) in [5, 5.41) is 6.49. The van der Waals surface area contributed by atoms with Crippen LogP contribution in [-0.4, -0.2) is 48.1 Å². The molecule has 0 spiro atoms. The van der Waals surface area contributed by atoms with Crippen molar-refractivity contribution in [1.82, 2.24) is 24.6 Å². The van der Waals surface area contributed by atoms with Crippen LogP contribution in [0.4, 0.5) is 0 Å². The van der Waals surface area contributed by atoms with Crippen LogP contribution in [0.1, 0.15) is 40.8 Å². The monoisotopic (exact) mass is 489 g/mol. The zero-order valence-corrected chi connectivity index (χ0v) is 20.4. The normalized spacial score (nSPS) is 15.9. The van der Waals surface area contributed by atoms with Gasteiger partial charge in [-0.3, -0.25) is 9.78 Å². The molecular weight excluding hydrogens is 466 g/mol. The van der Waals surface area contributed by atoms with Gasteiger partial charge in [0.15, 0.2) is 11.6 Å². The number of thioether (sulfide) groups is 1. The highest BCUT2D eigenvalue weighted by Gasteiger charge is 2.35. The summed E-state index contributed by atoms with van der Waals surface area (Å²) in [6, 6.07) is 17.9. The Balaban J connectivity index is 1.39. The number of pyridine rings is 1. The Morgan fingerprint density at radius 3 is 2.62 bits per heavy atom. The summed E-state index contributed by atoms with van der Waals surface area (Å²) < 4.78 is 2.04. The largest absolute Gasteiger partial charge is 0.328 e. The molecule has 2 fully saturated rings. The van der Waals surface area contributed by atoms with E-state index in [1.807, 2.05) is 76.8 Å². The van der Waals surface area contributed by atoms with Crippen molar-refractivity contribution in [3.63, 3.8) is 0 Å². The second kappa shape index (κ2) is 8.71. The molecule has 6 nitrogen and oxygen atoms in total. The van der Waals surface area contributed by atoms with Crippen molar-refractivity contribution >= 4 is 40.2 Å². The van der Waals surface area contributed by atoms with Crippen LogP contribution in [0.3, 0.4) is 0 Å². The number of nitrogens with zero attached hydrogens (tertiary/aromatic N) is 5. The fraction of sp³-hybridized carbons (Fsp3) is 0.308. The van der Waals surface area contributed by atoms with Crippen LogP contribution < -0.4 is 0 Å². The maximum absolute atomic E-state index is 13.3. The van der Waals surface area contributed by atoms with Gasteiger partial charge < -0.3 is 4.90 Å². The Bertz CT molecular complexity index is 1380. The van der Waals surface area contributed by atoms with Gasteiger partial charge >= 0.3 is 0 Å². The van der Waals surface area contributed by atoms with Crippen molar-refractivity contribution in [2.45, 2.75) is 38.4 Å². The molecular formula is C26H24ClN5OS. The third kappa shape index (κ3) is 3.97. The molecule has 0 radical (unpaired) electrons. The van der Waals surface area contributed by atoms with Crippen molar-refractivity contribution in [2.24, 2.45) is 0 Å². The molecule has 2 aromatic heterocycles. The summed E-state index contributed by atoms with van der Waals surface area (Å²) >= 11 is 8.39. The number of rotatable bonds is 6. The molecule has 1 aliphatic carbocycles. The van der Waals surface area contributed by atoms with Gasteiger partial charge in [0.05, 0.1) is 18.1 Å². The topological polar surface area (TPSA) is 63.9 Å². The lowest BCUT2D eigenvalue weighted by Crippen LogP contribution is -2.33. The van der Waals surface area contributed by atoms with Gasteiger partial charge in [-0.05, 0) is 50.1 Å². The molecule has 1 saturated carbocycles. The highest BCUT2D eigenvalue weighted by Crippen LogP contribution is 2.36. The number of halogens is 1. The summed E-state index contributed by atoms with van der Waals surface area (Å²) in [5.74, 6) is 3.52. The van der Waals surface area contributed by atoms with E-state index in [9.17, 15) is 4.79 Å². The molecule has 34 heavy (non-hydrogen) atoms. The first-order valence-electron chi connectivity index (χ1n) is 11.5. The minimum absolute atomic E-state index is 0.0375.